The van der Waals surface area contributed by atoms with Crippen LogP contribution in [0.15, 0.2) is 41.8 Å². The number of nitrogens with zero attached hydrogens (tertiary/aromatic N) is 3. The first-order valence-corrected chi connectivity index (χ1v) is 9.78. The van der Waals surface area contributed by atoms with Crippen LogP contribution in [0.2, 0.25) is 0 Å². The summed E-state index contributed by atoms with van der Waals surface area (Å²) in [5.41, 5.74) is 4.33. The molecule has 0 aliphatic rings. The molecule has 0 unspecified atom stereocenters. The Labute approximate surface area is 158 Å². The standard InChI is InChI=1S/C20H24N4OS/c1-15-13-16(2)24(23-15)20-22-18(14-26-20)11-12-21-19(25)10-6-9-17-7-4-3-5-8-17/h3-5,7-8,13-14H,6,9-12H2,1-2H3,(H,21,25). The lowest BCUT2D eigenvalue weighted by Gasteiger charge is -2.04. The molecule has 3 rings (SSSR count). The second-order valence-electron chi connectivity index (χ2n) is 6.40. The molecule has 0 aliphatic heterocycles. The molecule has 0 bridgehead atoms. The van der Waals surface area contributed by atoms with Gasteiger partial charge in [-0.2, -0.15) is 5.10 Å². The lowest BCUT2D eigenvalue weighted by Crippen LogP contribution is -2.25. The van der Waals surface area contributed by atoms with E-state index in [9.17, 15) is 4.79 Å². The topological polar surface area (TPSA) is 59.8 Å². The molecule has 1 amide bonds. The summed E-state index contributed by atoms with van der Waals surface area (Å²) in [7, 11) is 0. The number of thiazole rings is 1. The molecule has 5 nitrogen and oxygen atoms in total. The molecular weight excluding hydrogens is 344 g/mol. The normalized spacial score (nSPS) is 10.8. The van der Waals surface area contributed by atoms with Gasteiger partial charge < -0.3 is 5.32 Å². The summed E-state index contributed by atoms with van der Waals surface area (Å²) in [5, 5.41) is 10.4. The molecule has 3 aromatic rings. The van der Waals surface area contributed by atoms with E-state index in [1.165, 1.54) is 5.56 Å². The van der Waals surface area contributed by atoms with E-state index in [4.69, 9.17) is 0 Å². The molecule has 0 saturated heterocycles. The van der Waals surface area contributed by atoms with Gasteiger partial charge in [-0.25, -0.2) is 9.67 Å². The predicted octanol–water partition coefficient (Wildman–Crippen LogP) is 3.63. The lowest BCUT2D eigenvalue weighted by atomic mass is 10.1. The van der Waals surface area contributed by atoms with Gasteiger partial charge in [0, 0.05) is 30.5 Å². The highest BCUT2D eigenvalue weighted by Crippen LogP contribution is 2.17. The molecule has 0 atom stereocenters. The Balaban J connectivity index is 1.39. The fourth-order valence-electron chi connectivity index (χ4n) is 2.85. The van der Waals surface area contributed by atoms with Gasteiger partial charge in [-0.3, -0.25) is 4.79 Å². The number of hydrogen-bond donors (Lipinski definition) is 1. The fraction of sp³-hybridized carbons (Fsp3) is 0.350. The molecule has 1 aromatic carbocycles. The smallest absolute Gasteiger partial charge is 0.220 e. The number of hydrogen-bond acceptors (Lipinski definition) is 4. The zero-order valence-electron chi connectivity index (χ0n) is 15.2. The first-order valence-electron chi connectivity index (χ1n) is 8.90. The zero-order valence-corrected chi connectivity index (χ0v) is 16.1. The van der Waals surface area contributed by atoms with Crippen LogP contribution in [0.5, 0.6) is 0 Å². The molecule has 0 radical (unpaired) electrons. The molecular formula is C20H24N4OS. The molecule has 0 saturated carbocycles. The van der Waals surface area contributed by atoms with E-state index in [-0.39, 0.29) is 5.91 Å². The number of carbonyl (C=O) groups is 1. The monoisotopic (exact) mass is 368 g/mol. The van der Waals surface area contributed by atoms with Gasteiger partial charge in [0.1, 0.15) is 0 Å². The van der Waals surface area contributed by atoms with Gasteiger partial charge in [0.25, 0.3) is 0 Å². The van der Waals surface area contributed by atoms with Crippen molar-refractivity contribution < 1.29 is 4.79 Å². The minimum Gasteiger partial charge on any atom is -0.356 e. The van der Waals surface area contributed by atoms with E-state index < -0.39 is 0 Å². The highest BCUT2D eigenvalue weighted by molar-refractivity contribution is 7.12. The SMILES string of the molecule is Cc1cc(C)n(-c2nc(CCNC(=O)CCCc3ccccc3)cs2)n1. The van der Waals surface area contributed by atoms with E-state index in [0.717, 1.165) is 41.5 Å². The molecule has 0 fully saturated rings. The first kappa shape index (κ1) is 18.3. The van der Waals surface area contributed by atoms with Crippen molar-refractivity contribution in [3.63, 3.8) is 0 Å². The van der Waals surface area contributed by atoms with Crippen molar-refractivity contribution in [2.75, 3.05) is 6.54 Å². The average Bonchev–Trinajstić information content (AvgIpc) is 3.22. The van der Waals surface area contributed by atoms with Crippen molar-refractivity contribution in [3.05, 3.63) is 64.4 Å². The quantitative estimate of drug-likeness (QED) is 0.660. The lowest BCUT2D eigenvalue weighted by molar-refractivity contribution is -0.121. The largest absolute Gasteiger partial charge is 0.356 e. The maximum Gasteiger partial charge on any atom is 0.220 e. The predicted molar refractivity (Wildman–Crippen MR) is 105 cm³/mol. The summed E-state index contributed by atoms with van der Waals surface area (Å²) in [6.45, 7) is 4.62. The van der Waals surface area contributed by atoms with E-state index >= 15 is 0 Å². The third kappa shape index (κ3) is 5.02. The maximum atomic E-state index is 12.0. The molecule has 136 valence electrons. The van der Waals surface area contributed by atoms with Crippen molar-refractivity contribution in [3.8, 4) is 5.13 Å². The average molecular weight is 369 g/mol. The highest BCUT2D eigenvalue weighted by atomic mass is 32.1. The van der Waals surface area contributed by atoms with Gasteiger partial charge in [0.15, 0.2) is 0 Å². The highest BCUT2D eigenvalue weighted by Gasteiger charge is 2.09. The molecule has 1 N–H and O–H groups in total. The van der Waals surface area contributed by atoms with Crippen LogP contribution in [0, 0.1) is 13.8 Å². The molecule has 0 spiro atoms. The van der Waals surface area contributed by atoms with Crippen molar-refractivity contribution >= 4 is 17.2 Å². The number of carbonyl (C=O) groups excluding carboxylic acids is 1. The summed E-state index contributed by atoms with van der Waals surface area (Å²) in [6.07, 6.45) is 3.10. The fourth-order valence-corrected chi connectivity index (χ4v) is 3.71. The van der Waals surface area contributed by atoms with E-state index in [0.29, 0.717) is 13.0 Å². The Hall–Kier alpha value is -2.47. The van der Waals surface area contributed by atoms with Crippen LogP contribution >= 0.6 is 11.3 Å². The number of aromatic nitrogens is 3. The van der Waals surface area contributed by atoms with Crippen molar-refractivity contribution in [2.45, 2.75) is 39.5 Å². The third-order valence-electron chi connectivity index (χ3n) is 4.15. The van der Waals surface area contributed by atoms with Crippen molar-refractivity contribution in [2.24, 2.45) is 0 Å². The van der Waals surface area contributed by atoms with Crippen molar-refractivity contribution in [1.82, 2.24) is 20.1 Å². The van der Waals surface area contributed by atoms with E-state index in [1.54, 1.807) is 11.3 Å². The van der Waals surface area contributed by atoms with Gasteiger partial charge in [-0.15, -0.1) is 11.3 Å². The second-order valence-corrected chi connectivity index (χ2v) is 7.24. The van der Waals surface area contributed by atoms with Gasteiger partial charge >= 0.3 is 0 Å². The number of aryl methyl sites for hydroxylation is 3. The molecule has 0 aliphatic carbocycles. The van der Waals surface area contributed by atoms with Crippen LogP contribution in [-0.2, 0) is 17.6 Å². The van der Waals surface area contributed by atoms with Crippen LogP contribution in [0.25, 0.3) is 5.13 Å². The van der Waals surface area contributed by atoms with E-state index in [1.807, 2.05) is 48.2 Å². The first-order chi connectivity index (χ1) is 12.6. The Kier molecular flexibility index (Phi) is 6.17. The number of rotatable bonds is 8. The summed E-state index contributed by atoms with van der Waals surface area (Å²) in [5.74, 6) is 0.106. The molecule has 26 heavy (non-hydrogen) atoms. The van der Waals surface area contributed by atoms with Gasteiger partial charge in [0.05, 0.1) is 11.4 Å². The van der Waals surface area contributed by atoms with E-state index in [2.05, 4.69) is 27.5 Å². The summed E-state index contributed by atoms with van der Waals surface area (Å²) in [6, 6.07) is 12.3. The van der Waals surface area contributed by atoms with Crippen LogP contribution in [0.3, 0.4) is 0 Å². The Morgan fingerprint density at radius 1 is 1.19 bits per heavy atom. The van der Waals surface area contributed by atoms with Gasteiger partial charge in [-0.1, -0.05) is 30.3 Å². The molecule has 6 heteroatoms. The summed E-state index contributed by atoms with van der Waals surface area (Å²) < 4.78 is 1.87. The summed E-state index contributed by atoms with van der Waals surface area (Å²) >= 11 is 1.58. The number of benzene rings is 1. The molecule has 2 aromatic heterocycles. The van der Waals surface area contributed by atoms with Crippen LogP contribution in [0.1, 0.15) is 35.5 Å². The van der Waals surface area contributed by atoms with Crippen LogP contribution in [0.4, 0.5) is 0 Å². The number of nitrogens with one attached hydrogen (secondary N) is 1. The minimum atomic E-state index is 0.106. The third-order valence-corrected chi connectivity index (χ3v) is 5.01. The zero-order chi connectivity index (χ0) is 18.4. The Bertz CT molecular complexity index is 854. The number of amides is 1. The van der Waals surface area contributed by atoms with Crippen LogP contribution in [-0.4, -0.2) is 27.2 Å². The second kappa shape index (κ2) is 8.76. The Morgan fingerprint density at radius 3 is 2.73 bits per heavy atom. The van der Waals surface area contributed by atoms with Gasteiger partial charge in [-0.05, 0) is 38.3 Å². The maximum absolute atomic E-state index is 12.0. The van der Waals surface area contributed by atoms with Crippen LogP contribution < -0.4 is 5.32 Å². The Morgan fingerprint density at radius 2 is 2.00 bits per heavy atom. The minimum absolute atomic E-state index is 0.106. The molecule has 2 heterocycles. The summed E-state index contributed by atoms with van der Waals surface area (Å²) in [4.78, 5) is 16.6. The van der Waals surface area contributed by atoms with Gasteiger partial charge in [0.2, 0.25) is 11.0 Å². The van der Waals surface area contributed by atoms with Crippen molar-refractivity contribution in [1.29, 1.82) is 0 Å².